The average molecular weight is 639 g/mol. The molecule has 5 aromatic carbocycles. The summed E-state index contributed by atoms with van der Waals surface area (Å²) in [6.07, 6.45) is 4.23. The minimum atomic E-state index is -0.881. The predicted octanol–water partition coefficient (Wildman–Crippen LogP) is 7.48. The zero-order valence-corrected chi connectivity index (χ0v) is 26.3. The third-order valence-electron chi connectivity index (χ3n) is 8.93. The summed E-state index contributed by atoms with van der Waals surface area (Å²) in [5, 5.41) is 9.10. The van der Waals surface area contributed by atoms with Gasteiger partial charge < -0.3 is 15.1 Å². The van der Waals surface area contributed by atoms with Gasteiger partial charge in [-0.25, -0.2) is 9.67 Å². The van der Waals surface area contributed by atoms with Gasteiger partial charge in [-0.2, -0.15) is 5.10 Å². The molecule has 0 bridgehead atoms. The number of hydrogen-bond acceptors (Lipinski definition) is 5. The molecule has 8 heteroatoms. The van der Waals surface area contributed by atoms with Crippen molar-refractivity contribution >= 4 is 34.1 Å². The molecule has 0 aliphatic heterocycles. The van der Waals surface area contributed by atoms with Gasteiger partial charge in [-0.1, -0.05) is 121 Å². The van der Waals surface area contributed by atoms with Crippen molar-refractivity contribution in [3.05, 3.63) is 186 Å². The number of nitrogens with one attached hydrogen (secondary N) is 2. The molecule has 0 saturated carbocycles. The first-order chi connectivity index (χ1) is 24.2. The molecule has 236 valence electrons. The number of benzene rings is 5. The predicted molar refractivity (Wildman–Crippen MR) is 190 cm³/mol. The van der Waals surface area contributed by atoms with Crippen LogP contribution in [0.3, 0.4) is 0 Å². The SMILES string of the molecule is O=C[C@@H](NC(=O)c1nc2cc3c(-c4ccncc4)nn(C(c4ccccc4)(c4ccccc4)c4ccccc4)c3cc2[nH]1)c1ccccc1. The van der Waals surface area contributed by atoms with E-state index in [1.54, 1.807) is 24.5 Å². The minimum Gasteiger partial charge on any atom is -0.336 e. The number of fused-ring (bicyclic) bond motifs is 2. The standard InChI is InChI=1S/C41H30N6O2/c48-27-36(28-13-5-1-6-14-28)45-40(49)39-43-34-25-33-37(26-35(34)44-39)47(46-38(33)29-21-23-42-24-22-29)41(30-15-7-2-8-16-30,31-17-9-3-10-18-31)32-19-11-4-12-20-32/h1-27,36H,(H,43,44)(H,45,49)/t36-/m1/s1. The lowest BCUT2D eigenvalue weighted by Gasteiger charge is -2.37. The van der Waals surface area contributed by atoms with Crippen LogP contribution >= 0.6 is 0 Å². The van der Waals surface area contributed by atoms with Crippen molar-refractivity contribution in [3.63, 3.8) is 0 Å². The highest BCUT2D eigenvalue weighted by Crippen LogP contribution is 2.44. The average Bonchev–Trinajstić information content (AvgIpc) is 3.77. The normalized spacial score (nSPS) is 12.2. The van der Waals surface area contributed by atoms with Crippen molar-refractivity contribution in [1.29, 1.82) is 0 Å². The highest BCUT2D eigenvalue weighted by atomic mass is 16.2. The second-order valence-corrected chi connectivity index (χ2v) is 11.8. The van der Waals surface area contributed by atoms with E-state index in [2.05, 4.69) is 56.4 Å². The number of carbonyl (C=O) groups excluding carboxylic acids is 2. The number of amides is 1. The molecule has 0 spiro atoms. The largest absolute Gasteiger partial charge is 0.336 e. The fourth-order valence-corrected chi connectivity index (χ4v) is 6.68. The van der Waals surface area contributed by atoms with Crippen LogP contribution in [-0.4, -0.2) is 36.9 Å². The monoisotopic (exact) mass is 638 g/mol. The van der Waals surface area contributed by atoms with Gasteiger partial charge >= 0.3 is 0 Å². The molecule has 0 saturated heterocycles. The summed E-state index contributed by atoms with van der Waals surface area (Å²) in [5.41, 5.74) is 6.64. The van der Waals surface area contributed by atoms with Crippen LogP contribution in [0.2, 0.25) is 0 Å². The molecule has 1 amide bonds. The van der Waals surface area contributed by atoms with E-state index >= 15 is 0 Å². The van der Waals surface area contributed by atoms with Crippen LogP contribution in [-0.2, 0) is 10.3 Å². The van der Waals surface area contributed by atoms with Crippen molar-refractivity contribution in [3.8, 4) is 11.3 Å². The van der Waals surface area contributed by atoms with Crippen LogP contribution in [0.4, 0.5) is 0 Å². The van der Waals surface area contributed by atoms with E-state index in [-0.39, 0.29) is 5.82 Å². The van der Waals surface area contributed by atoms with E-state index < -0.39 is 17.5 Å². The van der Waals surface area contributed by atoms with Gasteiger partial charge in [0.1, 0.15) is 23.6 Å². The maximum absolute atomic E-state index is 13.5. The lowest BCUT2D eigenvalue weighted by molar-refractivity contribution is -0.109. The molecule has 0 aliphatic carbocycles. The number of nitrogens with zero attached hydrogens (tertiary/aromatic N) is 4. The Morgan fingerprint density at radius 3 is 1.84 bits per heavy atom. The van der Waals surface area contributed by atoms with E-state index in [0.717, 1.165) is 45.1 Å². The van der Waals surface area contributed by atoms with Gasteiger partial charge in [-0.05, 0) is 46.5 Å². The molecule has 0 unspecified atom stereocenters. The van der Waals surface area contributed by atoms with Gasteiger partial charge in [0.05, 0.1) is 16.6 Å². The Labute approximate surface area is 282 Å². The van der Waals surface area contributed by atoms with Crippen molar-refractivity contribution in [2.75, 3.05) is 0 Å². The molecule has 1 atom stereocenters. The molecule has 0 fully saturated rings. The molecule has 8 nitrogen and oxygen atoms in total. The fourth-order valence-electron chi connectivity index (χ4n) is 6.68. The lowest BCUT2D eigenvalue weighted by atomic mass is 9.77. The Morgan fingerprint density at radius 2 is 1.29 bits per heavy atom. The first kappa shape index (κ1) is 29.7. The van der Waals surface area contributed by atoms with Gasteiger partial charge in [0.15, 0.2) is 5.82 Å². The number of pyridine rings is 1. The van der Waals surface area contributed by atoms with Crippen LogP contribution in [0, 0.1) is 0 Å². The third-order valence-corrected chi connectivity index (χ3v) is 8.93. The Hall–Kier alpha value is -6.67. The molecular formula is C41H30N6O2. The Bertz CT molecular complexity index is 2290. The summed E-state index contributed by atoms with van der Waals surface area (Å²) >= 11 is 0. The maximum Gasteiger partial charge on any atom is 0.287 e. The second kappa shape index (κ2) is 12.5. The second-order valence-electron chi connectivity index (χ2n) is 11.8. The fraction of sp³-hybridized carbons (Fsp3) is 0.0488. The van der Waals surface area contributed by atoms with E-state index in [4.69, 9.17) is 10.1 Å². The molecule has 49 heavy (non-hydrogen) atoms. The molecule has 3 aromatic heterocycles. The number of hydrogen-bond donors (Lipinski definition) is 2. The Balaban J connectivity index is 1.38. The van der Waals surface area contributed by atoms with E-state index in [0.29, 0.717) is 16.6 Å². The number of aldehydes is 1. The van der Waals surface area contributed by atoms with Crippen molar-refractivity contribution in [2.24, 2.45) is 0 Å². The van der Waals surface area contributed by atoms with Crippen LogP contribution in [0.5, 0.6) is 0 Å². The summed E-state index contributed by atoms with van der Waals surface area (Å²) in [7, 11) is 0. The number of imidazole rings is 1. The molecule has 2 N–H and O–H groups in total. The molecule has 8 aromatic rings. The van der Waals surface area contributed by atoms with Crippen LogP contribution in [0.15, 0.2) is 158 Å². The van der Waals surface area contributed by atoms with Crippen molar-refractivity contribution in [2.45, 2.75) is 11.6 Å². The van der Waals surface area contributed by atoms with Crippen LogP contribution < -0.4 is 5.32 Å². The number of rotatable bonds is 9. The van der Waals surface area contributed by atoms with Gasteiger partial charge in [-0.3, -0.25) is 9.78 Å². The number of carbonyl (C=O) groups is 2. The zero-order valence-electron chi connectivity index (χ0n) is 26.3. The Morgan fingerprint density at radius 1 is 0.735 bits per heavy atom. The van der Waals surface area contributed by atoms with Crippen molar-refractivity contribution < 1.29 is 9.59 Å². The quantitative estimate of drug-likeness (QED) is 0.126. The zero-order chi connectivity index (χ0) is 33.2. The first-order valence-corrected chi connectivity index (χ1v) is 16.0. The highest BCUT2D eigenvalue weighted by molar-refractivity contribution is 6.03. The number of H-pyrrole nitrogens is 1. The molecular weight excluding hydrogens is 608 g/mol. The van der Waals surface area contributed by atoms with E-state index in [1.165, 1.54) is 0 Å². The summed E-state index contributed by atoms with van der Waals surface area (Å²) < 4.78 is 2.09. The Kier molecular flexibility index (Phi) is 7.58. The minimum absolute atomic E-state index is 0.107. The lowest BCUT2D eigenvalue weighted by Crippen LogP contribution is -2.38. The van der Waals surface area contributed by atoms with Gasteiger partial charge in [-0.15, -0.1) is 0 Å². The van der Waals surface area contributed by atoms with Crippen LogP contribution in [0.1, 0.15) is 38.9 Å². The molecule has 8 rings (SSSR count). The maximum atomic E-state index is 13.5. The van der Waals surface area contributed by atoms with E-state index in [9.17, 15) is 9.59 Å². The van der Waals surface area contributed by atoms with Gasteiger partial charge in [0.2, 0.25) is 0 Å². The molecule has 0 radical (unpaired) electrons. The molecule has 0 aliphatic rings. The van der Waals surface area contributed by atoms with E-state index in [1.807, 2.05) is 97.1 Å². The third kappa shape index (κ3) is 5.16. The number of aromatic amines is 1. The molecule has 3 heterocycles. The summed E-state index contributed by atoms with van der Waals surface area (Å²) in [5.74, 6) is -0.375. The summed E-state index contributed by atoms with van der Waals surface area (Å²) in [4.78, 5) is 37.6. The van der Waals surface area contributed by atoms with Gasteiger partial charge in [0, 0.05) is 23.3 Å². The number of aromatic nitrogens is 5. The van der Waals surface area contributed by atoms with Crippen molar-refractivity contribution in [1.82, 2.24) is 30.0 Å². The summed E-state index contributed by atoms with van der Waals surface area (Å²) in [6, 6.07) is 47.3. The summed E-state index contributed by atoms with van der Waals surface area (Å²) in [6.45, 7) is 0. The first-order valence-electron chi connectivity index (χ1n) is 16.0. The highest BCUT2D eigenvalue weighted by Gasteiger charge is 2.41. The van der Waals surface area contributed by atoms with Crippen LogP contribution in [0.25, 0.3) is 33.2 Å². The smallest absolute Gasteiger partial charge is 0.287 e. The topological polar surface area (TPSA) is 106 Å². The van der Waals surface area contributed by atoms with Gasteiger partial charge in [0.25, 0.3) is 5.91 Å².